The minimum Gasteiger partial charge on any atom is -0.492 e. The molecule has 0 amide bonds. The van der Waals surface area contributed by atoms with E-state index in [0.29, 0.717) is 17.9 Å². The van der Waals surface area contributed by atoms with E-state index in [1.807, 2.05) is 13.0 Å². The second kappa shape index (κ2) is 9.96. The lowest BCUT2D eigenvalue weighted by Crippen LogP contribution is -2.23. The number of hydrogen-bond acceptors (Lipinski definition) is 1. The molecule has 0 heterocycles. The van der Waals surface area contributed by atoms with Crippen molar-refractivity contribution in [1.29, 1.82) is 0 Å². The van der Waals surface area contributed by atoms with Gasteiger partial charge in [-0.25, -0.2) is 4.39 Å². The van der Waals surface area contributed by atoms with Crippen LogP contribution in [0.15, 0.2) is 18.2 Å². The number of rotatable bonds is 7. The van der Waals surface area contributed by atoms with Gasteiger partial charge in [-0.3, -0.25) is 0 Å². The molecule has 2 aliphatic carbocycles. The Balaban J connectivity index is 1.58. The zero-order chi connectivity index (χ0) is 19.2. The maximum Gasteiger partial charge on any atom is 0.153 e. The van der Waals surface area contributed by atoms with Crippen LogP contribution in [0.25, 0.3) is 5.57 Å². The van der Waals surface area contributed by atoms with Crippen LogP contribution in [0, 0.1) is 23.6 Å². The van der Waals surface area contributed by atoms with E-state index in [9.17, 15) is 4.39 Å². The summed E-state index contributed by atoms with van der Waals surface area (Å²) in [6.07, 6.45) is 15.3. The van der Waals surface area contributed by atoms with E-state index in [1.54, 1.807) is 6.07 Å². The molecule has 3 heteroatoms. The molecule has 0 spiro atoms. The quantitative estimate of drug-likeness (QED) is 0.455. The molecular formula is C24H34ClFO. The van der Waals surface area contributed by atoms with Crippen molar-refractivity contribution >= 4 is 17.2 Å². The summed E-state index contributed by atoms with van der Waals surface area (Å²) in [6, 6.07) is 3.63. The van der Waals surface area contributed by atoms with Gasteiger partial charge >= 0.3 is 0 Å². The number of benzene rings is 1. The average molecular weight is 393 g/mol. The Morgan fingerprint density at radius 1 is 1.07 bits per heavy atom. The van der Waals surface area contributed by atoms with Crippen molar-refractivity contribution in [1.82, 2.24) is 0 Å². The fraction of sp³-hybridized carbons (Fsp3) is 0.667. The van der Waals surface area contributed by atoms with Crippen LogP contribution in [-0.4, -0.2) is 6.61 Å². The van der Waals surface area contributed by atoms with Gasteiger partial charge < -0.3 is 4.74 Å². The molecule has 1 aromatic carbocycles. The third-order valence-corrected chi connectivity index (χ3v) is 7.02. The molecule has 1 fully saturated rings. The number of hydrogen-bond donors (Lipinski definition) is 0. The van der Waals surface area contributed by atoms with Crippen LogP contribution in [0.2, 0.25) is 5.02 Å². The van der Waals surface area contributed by atoms with E-state index in [0.717, 1.165) is 36.2 Å². The predicted octanol–water partition coefficient (Wildman–Crippen LogP) is 8.06. The molecule has 2 aliphatic rings. The van der Waals surface area contributed by atoms with Crippen molar-refractivity contribution in [3.05, 3.63) is 34.6 Å². The van der Waals surface area contributed by atoms with Crippen LogP contribution < -0.4 is 4.74 Å². The second-order valence-electron chi connectivity index (χ2n) is 8.36. The molecule has 0 unspecified atom stereocenters. The molecule has 1 saturated carbocycles. The Bertz CT molecular complexity index is 646. The SMILES string of the molecule is CCCCC1CCC([C@@H]2CC=C(c3ccc(OCC)c(Cl)c3F)CC2)CC1. The summed E-state index contributed by atoms with van der Waals surface area (Å²) < 4.78 is 20.1. The first-order valence-electron chi connectivity index (χ1n) is 10.9. The lowest BCUT2D eigenvalue weighted by atomic mass is 9.70. The molecule has 0 radical (unpaired) electrons. The van der Waals surface area contributed by atoms with Crippen molar-refractivity contribution in [3.63, 3.8) is 0 Å². The van der Waals surface area contributed by atoms with E-state index in [2.05, 4.69) is 13.0 Å². The van der Waals surface area contributed by atoms with Crippen LogP contribution >= 0.6 is 11.6 Å². The first-order chi connectivity index (χ1) is 13.1. The Kier molecular flexibility index (Phi) is 7.64. The van der Waals surface area contributed by atoms with Gasteiger partial charge in [0.1, 0.15) is 10.8 Å². The molecule has 0 aliphatic heterocycles. The van der Waals surface area contributed by atoms with Crippen LogP contribution in [0.1, 0.15) is 83.6 Å². The minimum absolute atomic E-state index is 0.114. The van der Waals surface area contributed by atoms with Gasteiger partial charge in [0.2, 0.25) is 0 Å². The summed E-state index contributed by atoms with van der Waals surface area (Å²) in [5.74, 6) is 2.73. The maximum absolute atomic E-state index is 14.7. The summed E-state index contributed by atoms with van der Waals surface area (Å²) in [5, 5.41) is 0.114. The smallest absolute Gasteiger partial charge is 0.153 e. The highest BCUT2D eigenvalue weighted by atomic mass is 35.5. The topological polar surface area (TPSA) is 9.23 Å². The van der Waals surface area contributed by atoms with Gasteiger partial charge in [0, 0.05) is 5.56 Å². The van der Waals surface area contributed by atoms with Crippen molar-refractivity contribution < 1.29 is 9.13 Å². The molecule has 1 nitrogen and oxygen atoms in total. The van der Waals surface area contributed by atoms with Gasteiger partial charge in [-0.05, 0) is 74.5 Å². The fourth-order valence-electron chi connectivity index (χ4n) is 5.02. The Morgan fingerprint density at radius 2 is 1.85 bits per heavy atom. The molecule has 3 rings (SSSR count). The van der Waals surface area contributed by atoms with Crippen molar-refractivity contribution in [2.45, 2.75) is 78.1 Å². The minimum atomic E-state index is -0.330. The molecule has 150 valence electrons. The third kappa shape index (κ3) is 5.08. The summed E-state index contributed by atoms with van der Waals surface area (Å²) in [4.78, 5) is 0. The Labute approximate surface area is 169 Å². The van der Waals surface area contributed by atoms with Gasteiger partial charge in [-0.1, -0.05) is 56.7 Å². The first-order valence-corrected chi connectivity index (χ1v) is 11.3. The van der Waals surface area contributed by atoms with Crippen LogP contribution in [0.3, 0.4) is 0 Å². The Hall–Kier alpha value is -1.02. The lowest BCUT2D eigenvalue weighted by Gasteiger charge is -2.35. The zero-order valence-electron chi connectivity index (χ0n) is 16.9. The summed E-state index contributed by atoms with van der Waals surface area (Å²) in [7, 11) is 0. The van der Waals surface area contributed by atoms with Crippen molar-refractivity contribution in [2.24, 2.45) is 17.8 Å². The van der Waals surface area contributed by atoms with Gasteiger partial charge in [0.05, 0.1) is 6.61 Å². The normalized spacial score (nSPS) is 25.9. The third-order valence-electron chi connectivity index (χ3n) is 6.67. The van der Waals surface area contributed by atoms with Crippen LogP contribution in [-0.2, 0) is 0 Å². The monoisotopic (exact) mass is 392 g/mol. The molecule has 27 heavy (non-hydrogen) atoms. The van der Waals surface area contributed by atoms with Gasteiger partial charge in [0.25, 0.3) is 0 Å². The van der Waals surface area contributed by atoms with Crippen molar-refractivity contribution in [2.75, 3.05) is 6.61 Å². The first kappa shape index (κ1) is 20.7. The van der Waals surface area contributed by atoms with E-state index < -0.39 is 0 Å². The molecule has 0 N–H and O–H groups in total. The summed E-state index contributed by atoms with van der Waals surface area (Å²) in [6.45, 7) is 4.66. The van der Waals surface area contributed by atoms with E-state index >= 15 is 0 Å². The fourth-order valence-corrected chi connectivity index (χ4v) is 5.23. The molecule has 0 saturated heterocycles. The summed E-state index contributed by atoms with van der Waals surface area (Å²) >= 11 is 6.17. The lowest BCUT2D eigenvalue weighted by molar-refractivity contribution is 0.188. The molecular weight excluding hydrogens is 359 g/mol. The molecule has 0 aromatic heterocycles. The maximum atomic E-state index is 14.7. The zero-order valence-corrected chi connectivity index (χ0v) is 17.7. The number of allylic oxidation sites excluding steroid dienone is 2. The summed E-state index contributed by atoms with van der Waals surface area (Å²) in [5.41, 5.74) is 1.77. The number of ether oxygens (including phenoxy) is 1. The predicted molar refractivity (Wildman–Crippen MR) is 113 cm³/mol. The van der Waals surface area contributed by atoms with E-state index in [-0.39, 0.29) is 10.8 Å². The van der Waals surface area contributed by atoms with Crippen LogP contribution in [0.4, 0.5) is 4.39 Å². The number of halogens is 2. The van der Waals surface area contributed by atoms with E-state index in [1.165, 1.54) is 51.4 Å². The highest BCUT2D eigenvalue weighted by Crippen LogP contribution is 2.43. The highest BCUT2D eigenvalue weighted by Gasteiger charge is 2.29. The largest absolute Gasteiger partial charge is 0.492 e. The van der Waals surface area contributed by atoms with Crippen LogP contribution in [0.5, 0.6) is 5.75 Å². The van der Waals surface area contributed by atoms with Gasteiger partial charge in [0.15, 0.2) is 5.82 Å². The average Bonchev–Trinajstić information content (AvgIpc) is 2.71. The molecule has 1 atom stereocenters. The van der Waals surface area contributed by atoms with Crippen molar-refractivity contribution in [3.8, 4) is 5.75 Å². The van der Waals surface area contributed by atoms with Gasteiger partial charge in [-0.2, -0.15) is 0 Å². The molecule has 0 bridgehead atoms. The van der Waals surface area contributed by atoms with E-state index in [4.69, 9.17) is 16.3 Å². The number of unbranched alkanes of at least 4 members (excludes halogenated alkanes) is 1. The highest BCUT2D eigenvalue weighted by molar-refractivity contribution is 6.32. The molecule has 1 aromatic rings. The standard InChI is InChI=1S/C24H34ClFO/c1-3-5-6-17-7-9-18(10-8-17)19-11-13-20(14-12-19)21-15-16-22(27-4-2)23(25)24(21)26/h13,15-19H,3-12,14H2,1-2H3/t17?,18?,19-/m1/s1. The Morgan fingerprint density at radius 3 is 2.48 bits per heavy atom. The van der Waals surface area contributed by atoms with Gasteiger partial charge in [-0.15, -0.1) is 0 Å². The second-order valence-corrected chi connectivity index (χ2v) is 8.74.